The van der Waals surface area contributed by atoms with Gasteiger partial charge in [-0.15, -0.1) is 5.10 Å². The highest BCUT2D eigenvalue weighted by Gasteiger charge is 2.12. The molecule has 1 amide bonds. The Bertz CT molecular complexity index is 1070. The highest BCUT2D eigenvalue weighted by atomic mass is 32.2. The lowest BCUT2D eigenvalue weighted by Gasteiger charge is -2.05. The Morgan fingerprint density at radius 1 is 1.19 bits per heavy atom. The lowest BCUT2D eigenvalue weighted by Crippen LogP contribution is -2.15. The zero-order valence-electron chi connectivity index (χ0n) is 13.7. The fraction of sp³-hybridized carbons (Fsp3) is 0.0625. The third kappa shape index (κ3) is 4.90. The molecule has 8 nitrogen and oxygen atoms in total. The van der Waals surface area contributed by atoms with E-state index in [1.807, 2.05) is 0 Å². The number of aromatic amines is 1. The second-order valence-corrected chi connectivity index (χ2v) is 7.86. The number of carbonyl (C=O) groups is 1. The molecule has 0 aliphatic heterocycles. The van der Waals surface area contributed by atoms with Crippen LogP contribution in [0.3, 0.4) is 0 Å². The van der Waals surface area contributed by atoms with Gasteiger partial charge in [-0.2, -0.15) is 0 Å². The number of nitrogens with two attached hydrogens (primary N) is 1. The molecule has 0 bridgehead atoms. The normalized spacial score (nSPS) is 11.3. The van der Waals surface area contributed by atoms with E-state index >= 15 is 0 Å². The van der Waals surface area contributed by atoms with Crippen LogP contribution in [0.2, 0.25) is 0 Å². The Balaban J connectivity index is 1.58. The van der Waals surface area contributed by atoms with Crippen LogP contribution in [0.4, 0.5) is 10.1 Å². The number of nitrogens with zero attached hydrogens (tertiary/aromatic N) is 2. The van der Waals surface area contributed by atoms with Crippen molar-refractivity contribution in [3.63, 3.8) is 0 Å². The van der Waals surface area contributed by atoms with E-state index in [1.165, 1.54) is 30.3 Å². The van der Waals surface area contributed by atoms with Crippen LogP contribution in [0.15, 0.2) is 58.6 Å². The number of halogens is 1. The molecular weight excluding hydrogens is 393 g/mol. The molecule has 1 aromatic heterocycles. The van der Waals surface area contributed by atoms with E-state index in [9.17, 15) is 17.6 Å². The van der Waals surface area contributed by atoms with Crippen molar-refractivity contribution in [2.24, 2.45) is 5.14 Å². The minimum absolute atomic E-state index is 0.0193. The number of thioether (sulfide) groups is 1. The minimum atomic E-state index is -3.78. The second kappa shape index (κ2) is 7.86. The summed E-state index contributed by atoms with van der Waals surface area (Å²) in [6.45, 7) is 0. The zero-order chi connectivity index (χ0) is 19.4. The third-order valence-electron chi connectivity index (χ3n) is 3.39. The number of carbonyl (C=O) groups excluding carboxylic acids is 1. The SMILES string of the molecule is NS(=O)(=O)c1ccc(NC(=O)CSc2n[nH]c(-c3ccccc3F)n2)cc1. The maximum atomic E-state index is 13.7. The third-order valence-corrected chi connectivity index (χ3v) is 5.17. The van der Waals surface area contributed by atoms with Gasteiger partial charge in [0.25, 0.3) is 0 Å². The van der Waals surface area contributed by atoms with Crippen LogP contribution in [0.1, 0.15) is 0 Å². The first-order valence-electron chi connectivity index (χ1n) is 7.56. The molecule has 11 heteroatoms. The number of hydrogen-bond acceptors (Lipinski definition) is 6. The van der Waals surface area contributed by atoms with Gasteiger partial charge >= 0.3 is 0 Å². The molecule has 4 N–H and O–H groups in total. The molecule has 0 atom stereocenters. The average Bonchev–Trinajstić information content (AvgIpc) is 3.09. The molecule has 3 rings (SSSR count). The number of hydrogen-bond donors (Lipinski definition) is 3. The Hall–Kier alpha value is -2.76. The van der Waals surface area contributed by atoms with Crippen LogP contribution in [0.5, 0.6) is 0 Å². The number of H-pyrrole nitrogens is 1. The summed E-state index contributed by atoms with van der Waals surface area (Å²) in [6, 6.07) is 11.6. The number of primary sulfonamides is 1. The number of amides is 1. The number of aromatic nitrogens is 3. The molecular formula is C16H14FN5O3S2. The van der Waals surface area contributed by atoms with Crippen molar-refractivity contribution in [2.45, 2.75) is 10.1 Å². The van der Waals surface area contributed by atoms with Gasteiger partial charge in [0.05, 0.1) is 16.2 Å². The lowest BCUT2D eigenvalue weighted by molar-refractivity contribution is -0.113. The second-order valence-electron chi connectivity index (χ2n) is 5.35. The van der Waals surface area contributed by atoms with Crippen LogP contribution < -0.4 is 10.5 Å². The summed E-state index contributed by atoms with van der Waals surface area (Å²) >= 11 is 1.07. The number of rotatable bonds is 6. The molecule has 0 spiro atoms. The molecule has 140 valence electrons. The first-order valence-corrected chi connectivity index (χ1v) is 10.1. The van der Waals surface area contributed by atoms with Crippen molar-refractivity contribution in [2.75, 3.05) is 11.1 Å². The van der Waals surface area contributed by atoms with E-state index in [0.29, 0.717) is 10.8 Å². The summed E-state index contributed by atoms with van der Waals surface area (Å²) in [4.78, 5) is 16.1. The molecule has 0 fully saturated rings. The van der Waals surface area contributed by atoms with E-state index < -0.39 is 15.8 Å². The van der Waals surface area contributed by atoms with Crippen LogP contribution in [0.25, 0.3) is 11.4 Å². The Morgan fingerprint density at radius 3 is 2.56 bits per heavy atom. The lowest BCUT2D eigenvalue weighted by atomic mass is 10.2. The van der Waals surface area contributed by atoms with Crippen molar-refractivity contribution in [3.05, 3.63) is 54.3 Å². The predicted molar refractivity (Wildman–Crippen MR) is 98.9 cm³/mol. The molecule has 2 aromatic carbocycles. The van der Waals surface area contributed by atoms with E-state index in [-0.39, 0.29) is 27.9 Å². The van der Waals surface area contributed by atoms with Gasteiger partial charge in [0.15, 0.2) is 5.82 Å². The molecule has 0 unspecified atom stereocenters. The number of sulfonamides is 1. The van der Waals surface area contributed by atoms with Gasteiger partial charge in [-0.3, -0.25) is 9.89 Å². The summed E-state index contributed by atoms with van der Waals surface area (Å²) in [7, 11) is -3.78. The Kier molecular flexibility index (Phi) is 5.54. The van der Waals surface area contributed by atoms with Crippen molar-refractivity contribution in [1.82, 2.24) is 15.2 Å². The quantitative estimate of drug-likeness (QED) is 0.536. The first kappa shape index (κ1) is 19.0. The average molecular weight is 407 g/mol. The van der Waals surface area contributed by atoms with Gasteiger partial charge in [0, 0.05) is 5.69 Å². The molecule has 1 heterocycles. The predicted octanol–water partition coefficient (Wildman–Crippen LogP) is 1.99. The van der Waals surface area contributed by atoms with Gasteiger partial charge in [-0.05, 0) is 36.4 Å². The fourth-order valence-electron chi connectivity index (χ4n) is 2.14. The highest BCUT2D eigenvalue weighted by Crippen LogP contribution is 2.21. The molecule has 0 saturated heterocycles. The van der Waals surface area contributed by atoms with Gasteiger partial charge in [-0.1, -0.05) is 23.9 Å². The van der Waals surface area contributed by atoms with Gasteiger partial charge in [0.1, 0.15) is 5.82 Å². The topological polar surface area (TPSA) is 131 Å². The van der Waals surface area contributed by atoms with Crippen LogP contribution in [-0.4, -0.2) is 35.3 Å². The molecule has 0 aliphatic rings. The van der Waals surface area contributed by atoms with Crippen molar-refractivity contribution in [3.8, 4) is 11.4 Å². The fourth-order valence-corrected chi connectivity index (χ4v) is 3.25. The zero-order valence-corrected chi connectivity index (χ0v) is 15.3. The van der Waals surface area contributed by atoms with Gasteiger partial charge in [0.2, 0.25) is 21.1 Å². The summed E-state index contributed by atoms with van der Waals surface area (Å²) in [5.74, 6) is -0.466. The Labute approximate surface area is 158 Å². The van der Waals surface area contributed by atoms with Crippen molar-refractivity contribution < 1.29 is 17.6 Å². The largest absolute Gasteiger partial charge is 0.325 e. The van der Waals surface area contributed by atoms with Gasteiger partial charge < -0.3 is 5.32 Å². The van der Waals surface area contributed by atoms with Crippen LogP contribution >= 0.6 is 11.8 Å². The molecule has 3 aromatic rings. The van der Waals surface area contributed by atoms with E-state index in [2.05, 4.69) is 20.5 Å². The molecule has 0 aliphatic carbocycles. The maximum Gasteiger partial charge on any atom is 0.238 e. The highest BCUT2D eigenvalue weighted by molar-refractivity contribution is 7.99. The summed E-state index contributed by atoms with van der Waals surface area (Å²) in [5, 5.41) is 14.5. The first-order chi connectivity index (χ1) is 12.8. The van der Waals surface area contributed by atoms with E-state index in [4.69, 9.17) is 5.14 Å². The van der Waals surface area contributed by atoms with E-state index in [0.717, 1.165) is 11.8 Å². The summed E-state index contributed by atoms with van der Waals surface area (Å²) < 4.78 is 36.1. The molecule has 0 radical (unpaired) electrons. The number of nitrogens with one attached hydrogen (secondary N) is 2. The Morgan fingerprint density at radius 2 is 1.89 bits per heavy atom. The van der Waals surface area contributed by atoms with Crippen molar-refractivity contribution in [1.29, 1.82) is 0 Å². The monoisotopic (exact) mass is 407 g/mol. The van der Waals surface area contributed by atoms with E-state index in [1.54, 1.807) is 18.2 Å². The van der Waals surface area contributed by atoms with Crippen molar-refractivity contribution >= 4 is 33.4 Å². The van der Waals surface area contributed by atoms with Crippen LogP contribution in [-0.2, 0) is 14.8 Å². The standard InChI is InChI=1S/C16H14FN5O3S2/c17-13-4-2-1-3-12(13)15-20-16(22-21-15)26-9-14(23)19-10-5-7-11(8-6-10)27(18,24)25/h1-8H,9H2,(H,19,23)(H2,18,24,25)(H,20,21,22). The van der Waals surface area contributed by atoms with Crippen LogP contribution in [0, 0.1) is 5.82 Å². The minimum Gasteiger partial charge on any atom is -0.325 e. The molecule has 0 saturated carbocycles. The summed E-state index contributed by atoms with van der Waals surface area (Å²) in [6.07, 6.45) is 0. The number of benzene rings is 2. The van der Waals surface area contributed by atoms with Gasteiger partial charge in [-0.25, -0.2) is 22.9 Å². The smallest absolute Gasteiger partial charge is 0.238 e. The summed E-state index contributed by atoms with van der Waals surface area (Å²) in [5.41, 5.74) is 0.714. The number of anilines is 1. The maximum absolute atomic E-state index is 13.7. The molecule has 27 heavy (non-hydrogen) atoms.